The molecule has 0 atom stereocenters. The van der Waals surface area contributed by atoms with Gasteiger partial charge in [0, 0.05) is 20.2 Å². The summed E-state index contributed by atoms with van der Waals surface area (Å²) in [6.45, 7) is 7.07. The van der Waals surface area contributed by atoms with E-state index in [1.165, 1.54) is 11.1 Å². The molecule has 0 unspecified atom stereocenters. The molecule has 0 radical (unpaired) electrons. The lowest BCUT2D eigenvalue weighted by molar-refractivity contribution is 0.0224. The van der Waals surface area contributed by atoms with Gasteiger partial charge in [0.1, 0.15) is 5.60 Å². The van der Waals surface area contributed by atoms with Crippen LogP contribution in [0.25, 0.3) is 0 Å². The summed E-state index contributed by atoms with van der Waals surface area (Å²) < 4.78 is 5.38. The zero-order chi connectivity index (χ0) is 14.5. The Morgan fingerprint density at radius 3 is 2.37 bits per heavy atom. The van der Waals surface area contributed by atoms with Crippen LogP contribution in [0, 0.1) is 0 Å². The molecule has 1 aliphatic rings. The first-order valence-corrected chi connectivity index (χ1v) is 6.45. The molecule has 0 aromatic heterocycles. The number of rotatable bonds is 0. The van der Waals surface area contributed by atoms with Gasteiger partial charge in [-0.15, -0.1) is 0 Å². The van der Waals surface area contributed by atoms with Crippen LogP contribution in [0.2, 0.25) is 0 Å². The number of aliphatic hydroxyl groups is 1. The van der Waals surface area contributed by atoms with Crippen LogP contribution in [0.3, 0.4) is 0 Å². The Hall–Kier alpha value is -1.55. The Bertz CT molecular complexity index is 424. The van der Waals surface area contributed by atoms with Gasteiger partial charge in [0.15, 0.2) is 0 Å². The summed E-state index contributed by atoms with van der Waals surface area (Å²) in [5.74, 6) is 0. The molecule has 0 bridgehead atoms. The lowest BCUT2D eigenvalue weighted by Crippen LogP contribution is -2.39. The van der Waals surface area contributed by atoms with Crippen LogP contribution in [0.4, 0.5) is 4.79 Å². The minimum atomic E-state index is -0.423. The first-order chi connectivity index (χ1) is 8.96. The first-order valence-electron chi connectivity index (χ1n) is 6.45. The molecule has 1 aromatic carbocycles. The maximum absolute atomic E-state index is 11.9. The highest BCUT2D eigenvalue weighted by Crippen LogP contribution is 2.20. The second-order valence-electron chi connectivity index (χ2n) is 5.42. The number of carbonyl (C=O) groups excluding carboxylic acids is 1. The Labute approximate surface area is 115 Å². The van der Waals surface area contributed by atoms with Crippen molar-refractivity contribution < 1.29 is 14.6 Å². The maximum Gasteiger partial charge on any atom is 0.410 e. The van der Waals surface area contributed by atoms with E-state index in [4.69, 9.17) is 9.84 Å². The molecule has 1 N–H and O–H groups in total. The zero-order valence-electron chi connectivity index (χ0n) is 12.1. The summed E-state index contributed by atoms with van der Waals surface area (Å²) in [6.07, 6.45) is 0.696. The van der Waals surface area contributed by atoms with Crippen molar-refractivity contribution in [2.75, 3.05) is 13.7 Å². The number of aliphatic hydroxyl groups excluding tert-OH is 1. The summed E-state index contributed by atoms with van der Waals surface area (Å²) in [5, 5.41) is 7.00. The van der Waals surface area contributed by atoms with Crippen LogP contribution in [0.1, 0.15) is 31.9 Å². The minimum absolute atomic E-state index is 0.216. The molecular weight excluding hydrogens is 242 g/mol. The largest absolute Gasteiger partial charge is 0.444 e. The molecule has 0 saturated carbocycles. The predicted octanol–water partition coefficient (Wildman–Crippen LogP) is 2.59. The first kappa shape index (κ1) is 15.5. The van der Waals surface area contributed by atoms with Crippen LogP contribution < -0.4 is 0 Å². The van der Waals surface area contributed by atoms with E-state index in [1.54, 1.807) is 4.90 Å². The van der Waals surface area contributed by atoms with Gasteiger partial charge in [0.25, 0.3) is 0 Å². The Balaban J connectivity index is 0.000000861. The van der Waals surface area contributed by atoms with Crippen LogP contribution in [0.15, 0.2) is 24.3 Å². The minimum Gasteiger partial charge on any atom is -0.444 e. The summed E-state index contributed by atoms with van der Waals surface area (Å²) in [5.41, 5.74) is 2.14. The van der Waals surface area contributed by atoms with Crippen LogP contribution in [-0.2, 0) is 17.7 Å². The Morgan fingerprint density at radius 1 is 1.21 bits per heavy atom. The summed E-state index contributed by atoms with van der Waals surface area (Å²) in [7, 11) is 1.00. The number of carbonyl (C=O) groups is 1. The van der Waals surface area contributed by atoms with Crippen molar-refractivity contribution in [1.82, 2.24) is 4.90 Å². The number of hydrogen-bond donors (Lipinski definition) is 1. The lowest BCUT2D eigenvalue weighted by Gasteiger charge is -2.31. The quantitative estimate of drug-likeness (QED) is 0.784. The van der Waals surface area contributed by atoms with E-state index in [0.717, 1.165) is 20.1 Å². The molecule has 0 saturated heterocycles. The van der Waals surface area contributed by atoms with Crippen molar-refractivity contribution >= 4 is 6.09 Å². The van der Waals surface area contributed by atoms with Crippen molar-refractivity contribution in [3.05, 3.63) is 35.4 Å². The van der Waals surface area contributed by atoms with Gasteiger partial charge in [-0.2, -0.15) is 0 Å². The molecule has 0 aliphatic carbocycles. The highest BCUT2D eigenvalue weighted by Gasteiger charge is 2.25. The normalized spacial score (nSPS) is 14.1. The number of ether oxygens (including phenoxy) is 1. The van der Waals surface area contributed by atoms with E-state index >= 15 is 0 Å². The van der Waals surface area contributed by atoms with Crippen LogP contribution >= 0.6 is 0 Å². The highest BCUT2D eigenvalue weighted by molar-refractivity contribution is 5.68. The number of hydrogen-bond acceptors (Lipinski definition) is 3. The fourth-order valence-electron chi connectivity index (χ4n) is 1.98. The van der Waals surface area contributed by atoms with Gasteiger partial charge in [-0.05, 0) is 38.3 Å². The van der Waals surface area contributed by atoms with Crippen molar-refractivity contribution in [2.45, 2.75) is 39.3 Å². The van der Waals surface area contributed by atoms with E-state index in [9.17, 15) is 4.79 Å². The number of fused-ring (bicyclic) bond motifs is 1. The number of benzene rings is 1. The molecule has 0 fully saturated rings. The fraction of sp³-hybridized carbons (Fsp3) is 0.533. The zero-order valence-corrected chi connectivity index (χ0v) is 12.1. The molecule has 1 aromatic rings. The van der Waals surface area contributed by atoms with Gasteiger partial charge >= 0.3 is 6.09 Å². The van der Waals surface area contributed by atoms with Crippen molar-refractivity contribution in [3.8, 4) is 0 Å². The van der Waals surface area contributed by atoms with Gasteiger partial charge in [-0.25, -0.2) is 4.79 Å². The van der Waals surface area contributed by atoms with E-state index in [-0.39, 0.29) is 6.09 Å². The Kier molecular flexibility index (Phi) is 5.36. The lowest BCUT2D eigenvalue weighted by atomic mass is 10.0. The number of amides is 1. The predicted molar refractivity (Wildman–Crippen MR) is 74.9 cm³/mol. The standard InChI is InChI=1S/C14H19NO2.CH4O/c1-14(2,3)17-13(16)15-9-8-11-6-4-5-7-12(11)10-15;1-2/h4-7H,8-10H2,1-3H3;2H,1H3. The highest BCUT2D eigenvalue weighted by atomic mass is 16.6. The van der Waals surface area contributed by atoms with E-state index in [0.29, 0.717) is 6.54 Å². The average molecular weight is 265 g/mol. The average Bonchev–Trinajstić information content (AvgIpc) is 2.38. The molecule has 1 heterocycles. The van der Waals surface area contributed by atoms with E-state index in [2.05, 4.69) is 12.1 Å². The summed E-state index contributed by atoms with van der Waals surface area (Å²) in [6, 6.07) is 8.26. The number of nitrogens with zero attached hydrogens (tertiary/aromatic N) is 1. The fourth-order valence-corrected chi connectivity index (χ4v) is 1.98. The Morgan fingerprint density at radius 2 is 1.79 bits per heavy atom. The summed E-state index contributed by atoms with van der Waals surface area (Å²) in [4.78, 5) is 13.7. The molecule has 106 valence electrons. The van der Waals surface area contributed by atoms with E-state index < -0.39 is 5.60 Å². The molecule has 1 amide bonds. The molecular formula is C15H23NO3. The van der Waals surface area contributed by atoms with Gasteiger partial charge in [-0.3, -0.25) is 0 Å². The van der Waals surface area contributed by atoms with Gasteiger partial charge in [0.2, 0.25) is 0 Å². The smallest absolute Gasteiger partial charge is 0.410 e. The molecule has 19 heavy (non-hydrogen) atoms. The van der Waals surface area contributed by atoms with Crippen molar-refractivity contribution in [3.63, 3.8) is 0 Å². The second kappa shape index (κ2) is 6.57. The van der Waals surface area contributed by atoms with Gasteiger partial charge < -0.3 is 14.7 Å². The molecule has 0 spiro atoms. The topological polar surface area (TPSA) is 49.8 Å². The maximum atomic E-state index is 11.9. The second-order valence-corrected chi connectivity index (χ2v) is 5.42. The van der Waals surface area contributed by atoms with Crippen LogP contribution in [0.5, 0.6) is 0 Å². The van der Waals surface area contributed by atoms with E-state index in [1.807, 2.05) is 32.9 Å². The molecule has 4 nitrogen and oxygen atoms in total. The SMILES string of the molecule is CC(C)(C)OC(=O)N1CCc2ccccc2C1.CO. The monoisotopic (exact) mass is 265 g/mol. The van der Waals surface area contributed by atoms with Crippen molar-refractivity contribution in [2.24, 2.45) is 0 Å². The van der Waals surface area contributed by atoms with Gasteiger partial charge in [-0.1, -0.05) is 24.3 Å². The third-order valence-electron chi connectivity index (χ3n) is 2.78. The summed E-state index contributed by atoms with van der Waals surface area (Å²) >= 11 is 0. The molecule has 1 aliphatic heterocycles. The van der Waals surface area contributed by atoms with Gasteiger partial charge in [0.05, 0.1) is 0 Å². The van der Waals surface area contributed by atoms with Crippen LogP contribution in [-0.4, -0.2) is 35.4 Å². The third-order valence-corrected chi connectivity index (χ3v) is 2.78. The molecule has 4 heteroatoms. The third kappa shape index (κ3) is 4.56. The molecule has 2 rings (SSSR count). The van der Waals surface area contributed by atoms with Crippen molar-refractivity contribution in [1.29, 1.82) is 0 Å².